The summed E-state index contributed by atoms with van der Waals surface area (Å²) < 4.78 is 5.68. The molecule has 0 fully saturated rings. The Morgan fingerprint density at radius 2 is 1.84 bits per heavy atom. The normalized spacial score (nSPS) is 16.1. The van der Waals surface area contributed by atoms with Crippen LogP contribution < -0.4 is 11.4 Å². The summed E-state index contributed by atoms with van der Waals surface area (Å²) in [5, 5.41) is 11.0. The first kappa shape index (κ1) is 17.6. The average molecular weight is 341 g/mol. The highest BCUT2D eigenvalue weighted by molar-refractivity contribution is 5.49. The Morgan fingerprint density at radius 3 is 2.52 bits per heavy atom. The van der Waals surface area contributed by atoms with Crippen LogP contribution in [0.5, 0.6) is 5.75 Å². The van der Waals surface area contributed by atoms with E-state index in [0.717, 1.165) is 49.7 Å². The second kappa shape index (κ2) is 7.34. The van der Waals surface area contributed by atoms with Crippen molar-refractivity contribution in [3.05, 3.63) is 57.1 Å². The fourth-order valence-electron chi connectivity index (χ4n) is 3.93. The van der Waals surface area contributed by atoms with Gasteiger partial charge in [-0.3, -0.25) is 0 Å². The number of hydrogen-bond acceptors (Lipinski definition) is 4. The summed E-state index contributed by atoms with van der Waals surface area (Å²) in [4.78, 5) is 12.8. The second-order valence-electron chi connectivity index (χ2n) is 7.36. The summed E-state index contributed by atoms with van der Waals surface area (Å²) in [5.41, 5.74) is 8.30. The second-order valence-corrected chi connectivity index (χ2v) is 7.36. The van der Waals surface area contributed by atoms with Crippen LogP contribution in [0.4, 0.5) is 5.69 Å². The quantitative estimate of drug-likeness (QED) is 0.813. The van der Waals surface area contributed by atoms with Crippen LogP contribution in [0.15, 0.2) is 33.5 Å². The Morgan fingerprint density at radius 1 is 1.12 bits per heavy atom. The van der Waals surface area contributed by atoms with Crippen LogP contribution in [0.1, 0.15) is 67.9 Å². The van der Waals surface area contributed by atoms with Crippen molar-refractivity contribution in [1.82, 2.24) is 0 Å². The highest BCUT2D eigenvalue weighted by Gasteiger charge is 2.29. The number of rotatable bonds is 3. The maximum Gasteiger partial charge on any atom is 0.343 e. The molecule has 134 valence electrons. The molecular formula is C21H27NO3. The molecule has 0 bridgehead atoms. The minimum absolute atomic E-state index is 0.127. The molecule has 1 unspecified atom stereocenters. The topological polar surface area (TPSA) is 76.5 Å². The van der Waals surface area contributed by atoms with Gasteiger partial charge in [-0.05, 0) is 42.9 Å². The van der Waals surface area contributed by atoms with E-state index >= 15 is 0 Å². The third kappa shape index (κ3) is 3.58. The van der Waals surface area contributed by atoms with Gasteiger partial charge in [-0.2, -0.15) is 0 Å². The molecule has 0 radical (unpaired) electrons. The maximum atomic E-state index is 12.8. The number of benzene rings is 1. The van der Waals surface area contributed by atoms with E-state index in [2.05, 4.69) is 0 Å². The Bertz CT molecular complexity index is 807. The zero-order valence-corrected chi connectivity index (χ0v) is 15.0. The van der Waals surface area contributed by atoms with Crippen LogP contribution in [0.2, 0.25) is 0 Å². The van der Waals surface area contributed by atoms with Gasteiger partial charge in [-0.1, -0.05) is 38.8 Å². The van der Waals surface area contributed by atoms with Crippen molar-refractivity contribution in [2.24, 2.45) is 5.92 Å². The van der Waals surface area contributed by atoms with Gasteiger partial charge in [0.05, 0.1) is 5.56 Å². The fraction of sp³-hybridized carbons (Fsp3) is 0.476. The minimum atomic E-state index is -0.419. The van der Waals surface area contributed by atoms with E-state index in [-0.39, 0.29) is 17.6 Å². The Balaban J connectivity index is 2.17. The van der Waals surface area contributed by atoms with Crippen molar-refractivity contribution in [2.75, 3.05) is 5.73 Å². The van der Waals surface area contributed by atoms with Crippen molar-refractivity contribution in [3.8, 4) is 5.75 Å². The summed E-state index contributed by atoms with van der Waals surface area (Å²) >= 11 is 0. The lowest BCUT2D eigenvalue weighted by atomic mass is 9.81. The summed E-state index contributed by atoms with van der Waals surface area (Å²) in [6, 6.07) is 7.53. The molecule has 4 heteroatoms. The van der Waals surface area contributed by atoms with Crippen molar-refractivity contribution >= 4 is 5.69 Å². The van der Waals surface area contributed by atoms with E-state index in [1.54, 1.807) is 0 Å². The lowest BCUT2D eigenvalue weighted by Crippen LogP contribution is -2.21. The molecule has 4 nitrogen and oxygen atoms in total. The summed E-state index contributed by atoms with van der Waals surface area (Å²) in [6.45, 7) is 4.09. The van der Waals surface area contributed by atoms with Crippen LogP contribution in [-0.2, 0) is 12.8 Å². The van der Waals surface area contributed by atoms with Crippen molar-refractivity contribution < 1.29 is 9.52 Å². The van der Waals surface area contributed by atoms with Gasteiger partial charge in [0.25, 0.3) is 0 Å². The molecule has 1 aliphatic carbocycles. The van der Waals surface area contributed by atoms with Crippen molar-refractivity contribution in [1.29, 1.82) is 0 Å². The zero-order chi connectivity index (χ0) is 18.0. The molecule has 0 aliphatic heterocycles. The SMILES string of the molecule is CC(C)C(c1cccc(N)c1)c1c(O)c2c(oc1=O)CCCCCC2. The minimum Gasteiger partial charge on any atom is -0.507 e. The van der Waals surface area contributed by atoms with Gasteiger partial charge < -0.3 is 15.3 Å². The smallest absolute Gasteiger partial charge is 0.343 e. The largest absolute Gasteiger partial charge is 0.507 e. The van der Waals surface area contributed by atoms with Gasteiger partial charge in [-0.25, -0.2) is 4.79 Å². The van der Waals surface area contributed by atoms with E-state index in [0.29, 0.717) is 17.0 Å². The van der Waals surface area contributed by atoms with E-state index in [1.165, 1.54) is 0 Å². The first-order valence-corrected chi connectivity index (χ1v) is 9.22. The predicted octanol–water partition coefficient (Wildman–Crippen LogP) is 4.37. The van der Waals surface area contributed by atoms with Gasteiger partial charge in [0.2, 0.25) is 0 Å². The third-order valence-electron chi connectivity index (χ3n) is 5.14. The summed E-state index contributed by atoms with van der Waals surface area (Å²) in [5.74, 6) is 0.688. The zero-order valence-electron chi connectivity index (χ0n) is 15.0. The van der Waals surface area contributed by atoms with Crippen molar-refractivity contribution in [3.63, 3.8) is 0 Å². The molecule has 3 rings (SSSR count). The first-order chi connectivity index (χ1) is 12.0. The standard InChI is InChI=1S/C21H27NO3/c1-13(2)18(14-8-7-9-15(22)12-14)19-20(23)16-10-5-3-4-6-11-17(16)25-21(19)24/h7-9,12-13,18,23H,3-6,10-11,22H2,1-2H3. The highest BCUT2D eigenvalue weighted by atomic mass is 16.4. The summed E-state index contributed by atoms with van der Waals surface area (Å²) in [7, 11) is 0. The van der Waals surface area contributed by atoms with E-state index in [1.807, 2.05) is 38.1 Å². The number of aryl methyl sites for hydroxylation is 1. The van der Waals surface area contributed by atoms with Crippen LogP contribution in [-0.4, -0.2) is 5.11 Å². The molecule has 1 aromatic heterocycles. The number of aromatic hydroxyl groups is 1. The predicted molar refractivity (Wildman–Crippen MR) is 100 cm³/mol. The van der Waals surface area contributed by atoms with Gasteiger partial charge in [0, 0.05) is 23.6 Å². The van der Waals surface area contributed by atoms with Gasteiger partial charge in [0.15, 0.2) is 0 Å². The molecule has 1 atom stereocenters. The van der Waals surface area contributed by atoms with Crippen molar-refractivity contribution in [2.45, 2.75) is 58.3 Å². The Kier molecular flexibility index (Phi) is 5.16. The molecule has 0 saturated heterocycles. The van der Waals surface area contributed by atoms with Gasteiger partial charge >= 0.3 is 5.63 Å². The number of nitrogens with two attached hydrogens (primary N) is 1. The lowest BCUT2D eigenvalue weighted by Gasteiger charge is -2.24. The van der Waals surface area contributed by atoms with E-state index in [9.17, 15) is 9.90 Å². The molecule has 1 aliphatic rings. The maximum absolute atomic E-state index is 12.8. The number of fused-ring (bicyclic) bond motifs is 1. The molecule has 1 heterocycles. The molecule has 0 saturated carbocycles. The van der Waals surface area contributed by atoms with Gasteiger partial charge in [-0.15, -0.1) is 0 Å². The van der Waals surface area contributed by atoms with Crippen LogP contribution >= 0.6 is 0 Å². The molecule has 3 N–H and O–H groups in total. The Hall–Kier alpha value is -2.23. The highest BCUT2D eigenvalue weighted by Crippen LogP contribution is 2.39. The number of nitrogen functional groups attached to an aromatic ring is 1. The molecule has 0 spiro atoms. The molecular weight excluding hydrogens is 314 g/mol. The molecule has 0 amide bonds. The average Bonchev–Trinajstić information content (AvgIpc) is 2.53. The van der Waals surface area contributed by atoms with Crippen LogP contribution in [0.25, 0.3) is 0 Å². The molecule has 1 aromatic carbocycles. The lowest BCUT2D eigenvalue weighted by molar-refractivity contribution is 0.376. The van der Waals surface area contributed by atoms with E-state index in [4.69, 9.17) is 10.2 Å². The molecule has 25 heavy (non-hydrogen) atoms. The summed E-state index contributed by atoms with van der Waals surface area (Å²) in [6.07, 6.45) is 5.79. The Labute approximate surface area is 148 Å². The number of anilines is 1. The van der Waals surface area contributed by atoms with Crippen LogP contribution in [0.3, 0.4) is 0 Å². The van der Waals surface area contributed by atoms with E-state index < -0.39 is 5.63 Å². The van der Waals surface area contributed by atoms with Gasteiger partial charge in [0.1, 0.15) is 11.5 Å². The third-order valence-corrected chi connectivity index (χ3v) is 5.14. The molecule has 2 aromatic rings. The number of hydrogen-bond donors (Lipinski definition) is 2. The first-order valence-electron chi connectivity index (χ1n) is 9.22. The monoisotopic (exact) mass is 341 g/mol. The fourth-order valence-corrected chi connectivity index (χ4v) is 3.93. The van der Waals surface area contributed by atoms with Crippen LogP contribution in [0, 0.1) is 5.92 Å².